The van der Waals surface area contributed by atoms with Crippen LogP contribution in [0.4, 0.5) is 10.5 Å². The number of benzene rings is 2. The summed E-state index contributed by atoms with van der Waals surface area (Å²) in [5.74, 6) is 0.796. The zero-order valence-corrected chi connectivity index (χ0v) is 13.5. The third-order valence-electron chi connectivity index (χ3n) is 3.05. The second kappa shape index (κ2) is 7.13. The molecule has 1 unspecified atom stereocenters. The molecule has 110 valence electrons. The van der Waals surface area contributed by atoms with Gasteiger partial charge in [-0.25, -0.2) is 4.79 Å². The van der Waals surface area contributed by atoms with Gasteiger partial charge in [-0.2, -0.15) is 0 Å². The Bertz CT molecular complexity index is 614. The number of nitrogens with one attached hydrogen (secondary N) is 2. The molecule has 0 bridgehead atoms. The summed E-state index contributed by atoms with van der Waals surface area (Å²) in [6.45, 7) is 1.93. The molecule has 2 N–H and O–H groups in total. The lowest BCUT2D eigenvalue weighted by Crippen LogP contribution is -2.31. The van der Waals surface area contributed by atoms with Crippen molar-refractivity contribution in [3.63, 3.8) is 0 Å². The Morgan fingerprint density at radius 2 is 1.90 bits per heavy atom. The molecule has 4 nitrogen and oxygen atoms in total. The normalized spacial score (nSPS) is 11.6. The van der Waals surface area contributed by atoms with Gasteiger partial charge in [-0.3, -0.25) is 0 Å². The summed E-state index contributed by atoms with van der Waals surface area (Å²) in [6.07, 6.45) is 0. The molecule has 0 aliphatic rings. The zero-order valence-electron chi connectivity index (χ0n) is 11.9. The van der Waals surface area contributed by atoms with Crippen molar-refractivity contribution in [3.05, 3.63) is 58.6 Å². The maximum Gasteiger partial charge on any atom is 0.319 e. The summed E-state index contributed by atoms with van der Waals surface area (Å²) < 4.78 is 6.04. The first-order valence-electron chi connectivity index (χ1n) is 6.55. The lowest BCUT2D eigenvalue weighted by Gasteiger charge is -2.15. The van der Waals surface area contributed by atoms with E-state index in [1.54, 1.807) is 7.11 Å². The largest absolute Gasteiger partial charge is 0.497 e. The molecule has 0 fully saturated rings. The second-order valence-electron chi connectivity index (χ2n) is 4.60. The SMILES string of the molecule is COc1ccc(C(C)NC(=O)Nc2cccc(Br)c2)cc1. The highest BCUT2D eigenvalue weighted by atomic mass is 79.9. The van der Waals surface area contributed by atoms with E-state index in [4.69, 9.17) is 4.74 Å². The summed E-state index contributed by atoms with van der Waals surface area (Å²) >= 11 is 3.37. The monoisotopic (exact) mass is 348 g/mol. The van der Waals surface area contributed by atoms with Crippen molar-refractivity contribution in [2.75, 3.05) is 12.4 Å². The minimum atomic E-state index is -0.239. The Hall–Kier alpha value is -2.01. The summed E-state index contributed by atoms with van der Waals surface area (Å²) in [7, 11) is 1.63. The van der Waals surface area contributed by atoms with E-state index in [0.717, 1.165) is 21.5 Å². The molecule has 0 heterocycles. The van der Waals surface area contributed by atoms with Crippen LogP contribution in [0.3, 0.4) is 0 Å². The van der Waals surface area contributed by atoms with Crippen molar-refractivity contribution < 1.29 is 9.53 Å². The molecule has 5 heteroatoms. The van der Waals surface area contributed by atoms with Gasteiger partial charge in [0.05, 0.1) is 13.2 Å². The van der Waals surface area contributed by atoms with Crippen molar-refractivity contribution in [2.45, 2.75) is 13.0 Å². The smallest absolute Gasteiger partial charge is 0.319 e. The van der Waals surface area contributed by atoms with E-state index in [-0.39, 0.29) is 12.1 Å². The molecule has 0 saturated heterocycles. The number of hydrogen-bond donors (Lipinski definition) is 2. The molecule has 0 aliphatic heterocycles. The van der Waals surface area contributed by atoms with E-state index >= 15 is 0 Å². The molecule has 1 atom stereocenters. The van der Waals surface area contributed by atoms with Crippen molar-refractivity contribution in [1.29, 1.82) is 0 Å². The summed E-state index contributed by atoms with van der Waals surface area (Å²) in [6, 6.07) is 14.7. The van der Waals surface area contributed by atoms with E-state index in [0.29, 0.717) is 0 Å². The number of carbonyl (C=O) groups is 1. The maximum absolute atomic E-state index is 12.0. The van der Waals surface area contributed by atoms with E-state index in [1.807, 2.05) is 55.5 Å². The first kappa shape index (κ1) is 15.4. The van der Waals surface area contributed by atoms with Crippen molar-refractivity contribution in [3.8, 4) is 5.75 Å². The van der Waals surface area contributed by atoms with Gasteiger partial charge >= 0.3 is 6.03 Å². The van der Waals surface area contributed by atoms with Gasteiger partial charge in [0, 0.05) is 10.2 Å². The Labute approximate surface area is 132 Å². The number of carbonyl (C=O) groups excluding carboxylic acids is 1. The predicted octanol–water partition coefficient (Wildman–Crippen LogP) is 4.34. The highest BCUT2D eigenvalue weighted by Crippen LogP contribution is 2.18. The van der Waals surface area contributed by atoms with Crippen LogP contribution in [0.2, 0.25) is 0 Å². The number of ether oxygens (including phenoxy) is 1. The highest BCUT2D eigenvalue weighted by Gasteiger charge is 2.09. The van der Waals surface area contributed by atoms with Gasteiger partial charge in [-0.1, -0.05) is 34.1 Å². The molecule has 2 aromatic carbocycles. The van der Waals surface area contributed by atoms with Gasteiger partial charge in [0.15, 0.2) is 0 Å². The van der Waals surface area contributed by atoms with E-state index < -0.39 is 0 Å². The highest BCUT2D eigenvalue weighted by molar-refractivity contribution is 9.10. The molecule has 0 aliphatic carbocycles. The van der Waals surface area contributed by atoms with Gasteiger partial charge in [0.1, 0.15) is 5.75 Å². The average molecular weight is 349 g/mol. The topological polar surface area (TPSA) is 50.4 Å². The lowest BCUT2D eigenvalue weighted by molar-refractivity contribution is 0.249. The van der Waals surface area contributed by atoms with Crippen LogP contribution in [-0.2, 0) is 0 Å². The number of rotatable bonds is 4. The van der Waals surface area contributed by atoms with Crippen molar-refractivity contribution in [1.82, 2.24) is 5.32 Å². The molecule has 2 amide bonds. The first-order valence-corrected chi connectivity index (χ1v) is 7.35. The molecule has 0 radical (unpaired) electrons. The molecular weight excluding hydrogens is 332 g/mol. The fourth-order valence-electron chi connectivity index (χ4n) is 1.91. The summed E-state index contributed by atoms with van der Waals surface area (Å²) in [5.41, 5.74) is 1.75. The molecule has 2 aromatic rings. The molecule has 0 saturated carbocycles. The van der Waals surface area contributed by atoms with Gasteiger partial charge in [-0.05, 0) is 42.8 Å². The zero-order chi connectivity index (χ0) is 15.2. The maximum atomic E-state index is 12.0. The number of halogens is 1. The van der Waals surface area contributed by atoms with Crippen LogP contribution in [0.5, 0.6) is 5.75 Å². The molecule has 0 aromatic heterocycles. The minimum Gasteiger partial charge on any atom is -0.497 e. The van der Waals surface area contributed by atoms with Crippen molar-refractivity contribution in [2.24, 2.45) is 0 Å². The molecule has 21 heavy (non-hydrogen) atoms. The van der Waals surface area contributed by atoms with Crippen LogP contribution < -0.4 is 15.4 Å². The number of urea groups is 1. The molecule has 0 spiro atoms. The Balaban J connectivity index is 1.95. The quantitative estimate of drug-likeness (QED) is 0.863. The molecule has 2 rings (SSSR count). The van der Waals surface area contributed by atoms with Crippen LogP contribution >= 0.6 is 15.9 Å². The minimum absolute atomic E-state index is 0.0944. The number of amides is 2. The van der Waals surface area contributed by atoms with E-state index in [2.05, 4.69) is 26.6 Å². The fourth-order valence-corrected chi connectivity index (χ4v) is 2.31. The number of hydrogen-bond acceptors (Lipinski definition) is 2. The Kier molecular flexibility index (Phi) is 5.22. The fraction of sp³-hybridized carbons (Fsp3) is 0.188. The van der Waals surface area contributed by atoms with Gasteiger partial charge in [0.2, 0.25) is 0 Å². The summed E-state index contributed by atoms with van der Waals surface area (Å²) in [4.78, 5) is 12.0. The van der Waals surface area contributed by atoms with Crippen LogP contribution in [0.1, 0.15) is 18.5 Å². The van der Waals surface area contributed by atoms with Crippen LogP contribution in [0.15, 0.2) is 53.0 Å². The predicted molar refractivity (Wildman–Crippen MR) is 87.7 cm³/mol. The molecular formula is C16H17BrN2O2. The number of methoxy groups -OCH3 is 1. The van der Waals surface area contributed by atoms with Crippen molar-refractivity contribution >= 4 is 27.6 Å². The van der Waals surface area contributed by atoms with Crippen LogP contribution in [-0.4, -0.2) is 13.1 Å². The van der Waals surface area contributed by atoms with E-state index in [1.165, 1.54) is 0 Å². The second-order valence-corrected chi connectivity index (χ2v) is 5.52. The van der Waals surface area contributed by atoms with Gasteiger partial charge in [0.25, 0.3) is 0 Å². The summed E-state index contributed by atoms with van der Waals surface area (Å²) in [5, 5.41) is 5.70. The van der Waals surface area contributed by atoms with Crippen LogP contribution in [0, 0.1) is 0 Å². The Morgan fingerprint density at radius 1 is 1.19 bits per heavy atom. The number of anilines is 1. The Morgan fingerprint density at radius 3 is 2.52 bits per heavy atom. The van der Waals surface area contributed by atoms with E-state index in [9.17, 15) is 4.79 Å². The lowest BCUT2D eigenvalue weighted by atomic mass is 10.1. The van der Waals surface area contributed by atoms with Crippen LogP contribution in [0.25, 0.3) is 0 Å². The van der Waals surface area contributed by atoms with Gasteiger partial charge in [-0.15, -0.1) is 0 Å². The third kappa shape index (κ3) is 4.49. The standard InChI is InChI=1S/C16H17BrN2O2/c1-11(12-6-8-15(21-2)9-7-12)18-16(20)19-14-5-3-4-13(17)10-14/h3-11H,1-2H3,(H2,18,19,20). The van der Waals surface area contributed by atoms with Gasteiger partial charge < -0.3 is 15.4 Å². The first-order chi connectivity index (χ1) is 10.1. The average Bonchev–Trinajstić information content (AvgIpc) is 2.47. The third-order valence-corrected chi connectivity index (χ3v) is 3.54.